The molecular weight excluding hydrogens is 396 g/mol. The van der Waals surface area contributed by atoms with Crippen LogP contribution >= 0.6 is 22.7 Å². The molecule has 0 aliphatic rings. The Labute approximate surface area is 170 Å². The van der Waals surface area contributed by atoms with E-state index in [0.29, 0.717) is 21.0 Å². The highest BCUT2D eigenvalue weighted by Gasteiger charge is 2.26. The summed E-state index contributed by atoms with van der Waals surface area (Å²) in [6.07, 6.45) is 0. The van der Waals surface area contributed by atoms with Crippen molar-refractivity contribution >= 4 is 51.1 Å². The smallest absolute Gasteiger partial charge is 0.341 e. The highest BCUT2D eigenvalue weighted by molar-refractivity contribution is 7.19. The molecule has 0 fully saturated rings. The number of carbonyl (C=O) groups is 3. The summed E-state index contributed by atoms with van der Waals surface area (Å²) in [4.78, 5) is 38.3. The van der Waals surface area contributed by atoms with Gasteiger partial charge in [-0.05, 0) is 48.6 Å². The predicted molar refractivity (Wildman–Crippen MR) is 112 cm³/mol. The van der Waals surface area contributed by atoms with Gasteiger partial charge < -0.3 is 15.4 Å². The Morgan fingerprint density at radius 2 is 1.79 bits per heavy atom. The Morgan fingerprint density at radius 3 is 2.43 bits per heavy atom. The van der Waals surface area contributed by atoms with Crippen LogP contribution in [0.15, 0.2) is 41.8 Å². The van der Waals surface area contributed by atoms with Crippen LogP contribution in [0.3, 0.4) is 0 Å². The minimum atomic E-state index is -0.607. The number of nitrogens with one attached hydrogen (secondary N) is 2. The number of carbonyl (C=O) groups excluding carboxylic acids is 3. The number of ether oxygens (including phenoxy) is 1. The van der Waals surface area contributed by atoms with Crippen LogP contribution in [0.25, 0.3) is 0 Å². The van der Waals surface area contributed by atoms with Crippen LogP contribution in [0.4, 0.5) is 10.7 Å². The molecular formula is C20H18N2O4S2. The number of thiophene rings is 2. The van der Waals surface area contributed by atoms with Crippen molar-refractivity contribution in [1.82, 2.24) is 0 Å². The molecule has 0 aliphatic carbocycles. The van der Waals surface area contributed by atoms with Crippen LogP contribution in [0.2, 0.25) is 0 Å². The van der Waals surface area contributed by atoms with E-state index in [1.807, 2.05) is 25.1 Å². The van der Waals surface area contributed by atoms with Gasteiger partial charge in [-0.3, -0.25) is 9.59 Å². The van der Waals surface area contributed by atoms with Gasteiger partial charge in [-0.2, -0.15) is 0 Å². The molecule has 3 aromatic rings. The second-order valence-corrected chi connectivity index (χ2v) is 7.98. The number of amides is 2. The van der Waals surface area contributed by atoms with Crippen molar-refractivity contribution in [3.63, 3.8) is 0 Å². The monoisotopic (exact) mass is 414 g/mol. The molecule has 144 valence electrons. The van der Waals surface area contributed by atoms with Gasteiger partial charge in [0.2, 0.25) is 0 Å². The summed E-state index contributed by atoms with van der Waals surface area (Å²) >= 11 is 2.33. The number of esters is 1. The molecule has 6 nitrogen and oxygen atoms in total. The molecule has 0 spiro atoms. The van der Waals surface area contributed by atoms with Crippen molar-refractivity contribution in [1.29, 1.82) is 0 Å². The summed E-state index contributed by atoms with van der Waals surface area (Å²) < 4.78 is 4.84. The largest absolute Gasteiger partial charge is 0.465 e. The Kier molecular flexibility index (Phi) is 5.91. The molecule has 2 N–H and O–H groups in total. The molecule has 3 rings (SSSR count). The highest BCUT2D eigenvalue weighted by Crippen LogP contribution is 2.34. The zero-order valence-corrected chi connectivity index (χ0v) is 17.1. The van der Waals surface area contributed by atoms with Crippen molar-refractivity contribution in [3.05, 3.63) is 68.2 Å². The van der Waals surface area contributed by atoms with Gasteiger partial charge in [0, 0.05) is 5.69 Å². The van der Waals surface area contributed by atoms with Crippen LogP contribution in [0.5, 0.6) is 0 Å². The Bertz CT molecular complexity index is 1040. The number of anilines is 2. The van der Waals surface area contributed by atoms with Crippen LogP contribution in [0.1, 0.15) is 40.8 Å². The minimum Gasteiger partial charge on any atom is -0.465 e. The lowest BCUT2D eigenvalue weighted by atomic mass is 10.1. The Balaban J connectivity index is 1.93. The maximum Gasteiger partial charge on any atom is 0.341 e. The van der Waals surface area contributed by atoms with Crippen molar-refractivity contribution in [2.24, 2.45) is 0 Å². The van der Waals surface area contributed by atoms with Gasteiger partial charge in [-0.25, -0.2) is 4.79 Å². The second-order valence-electron chi connectivity index (χ2n) is 6.01. The number of methoxy groups -OCH3 is 1. The fourth-order valence-electron chi connectivity index (χ4n) is 2.65. The summed E-state index contributed by atoms with van der Waals surface area (Å²) in [5.41, 5.74) is 2.32. The Morgan fingerprint density at radius 1 is 1.00 bits per heavy atom. The zero-order valence-electron chi connectivity index (χ0n) is 15.5. The molecule has 0 atom stereocenters. The van der Waals surface area contributed by atoms with Crippen LogP contribution < -0.4 is 10.6 Å². The van der Waals surface area contributed by atoms with Gasteiger partial charge >= 0.3 is 5.97 Å². The van der Waals surface area contributed by atoms with E-state index in [1.165, 1.54) is 18.4 Å². The molecule has 1 aromatic carbocycles. The summed E-state index contributed by atoms with van der Waals surface area (Å²) in [7, 11) is 1.26. The lowest BCUT2D eigenvalue weighted by molar-refractivity contribution is 0.0601. The summed E-state index contributed by atoms with van der Waals surface area (Å²) in [6, 6.07) is 10.9. The van der Waals surface area contributed by atoms with E-state index in [4.69, 9.17) is 4.74 Å². The lowest BCUT2D eigenvalue weighted by Gasteiger charge is -2.05. The summed E-state index contributed by atoms with van der Waals surface area (Å²) in [5.74, 6) is -1.30. The lowest BCUT2D eigenvalue weighted by Crippen LogP contribution is -2.13. The van der Waals surface area contributed by atoms with Gasteiger partial charge in [0.1, 0.15) is 5.00 Å². The number of hydrogen-bond donors (Lipinski definition) is 2. The third-order valence-corrected chi connectivity index (χ3v) is 6.07. The average Bonchev–Trinajstić information content (AvgIpc) is 3.29. The van der Waals surface area contributed by atoms with Crippen molar-refractivity contribution < 1.29 is 19.1 Å². The van der Waals surface area contributed by atoms with Gasteiger partial charge in [-0.15, -0.1) is 22.7 Å². The topological polar surface area (TPSA) is 84.5 Å². The molecule has 0 radical (unpaired) electrons. The van der Waals surface area contributed by atoms with E-state index in [1.54, 1.807) is 30.5 Å². The first kappa shape index (κ1) is 19.8. The molecule has 0 aliphatic heterocycles. The standard InChI is InChI=1S/C20H18N2O4S2/c1-11-6-4-7-13(10-11)21-18(24)16-12(2)15(20(25)26-3)19(28-16)22-17(23)14-8-5-9-27-14/h4-10H,1-3H3,(H,21,24)(H,22,23). The quantitative estimate of drug-likeness (QED) is 0.592. The Hall–Kier alpha value is -2.97. The highest BCUT2D eigenvalue weighted by atomic mass is 32.1. The number of hydrogen-bond acceptors (Lipinski definition) is 6. The maximum absolute atomic E-state index is 12.8. The second kappa shape index (κ2) is 8.37. The maximum atomic E-state index is 12.8. The predicted octanol–water partition coefficient (Wildman–Crippen LogP) is 4.72. The molecule has 0 unspecified atom stereocenters. The van der Waals surface area contributed by atoms with Gasteiger partial charge in [-0.1, -0.05) is 18.2 Å². The fraction of sp³-hybridized carbons (Fsp3) is 0.150. The van der Waals surface area contributed by atoms with E-state index in [2.05, 4.69) is 10.6 Å². The summed E-state index contributed by atoms with van der Waals surface area (Å²) in [5, 5.41) is 7.63. The molecule has 2 heterocycles. The van der Waals surface area contributed by atoms with Crippen molar-refractivity contribution in [2.45, 2.75) is 13.8 Å². The molecule has 28 heavy (non-hydrogen) atoms. The molecule has 0 saturated carbocycles. The molecule has 2 aromatic heterocycles. The molecule has 0 saturated heterocycles. The third-order valence-electron chi connectivity index (χ3n) is 3.99. The first-order valence-corrected chi connectivity index (χ1v) is 10.0. The zero-order chi connectivity index (χ0) is 20.3. The number of aryl methyl sites for hydroxylation is 1. The number of benzene rings is 1. The third kappa shape index (κ3) is 4.13. The van der Waals surface area contributed by atoms with E-state index in [9.17, 15) is 14.4 Å². The van der Waals surface area contributed by atoms with Crippen molar-refractivity contribution in [3.8, 4) is 0 Å². The molecule has 8 heteroatoms. The normalized spacial score (nSPS) is 10.4. The molecule has 2 amide bonds. The fourth-order valence-corrected chi connectivity index (χ4v) is 4.35. The molecule has 0 bridgehead atoms. The van der Waals surface area contributed by atoms with E-state index < -0.39 is 5.97 Å². The van der Waals surface area contributed by atoms with Crippen LogP contribution in [0, 0.1) is 13.8 Å². The minimum absolute atomic E-state index is 0.187. The number of rotatable bonds is 5. The van der Waals surface area contributed by atoms with E-state index in [-0.39, 0.29) is 22.4 Å². The SMILES string of the molecule is COC(=O)c1c(NC(=O)c2cccs2)sc(C(=O)Nc2cccc(C)c2)c1C. The van der Waals surface area contributed by atoms with Crippen LogP contribution in [-0.4, -0.2) is 24.9 Å². The van der Waals surface area contributed by atoms with Gasteiger partial charge in [0.25, 0.3) is 11.8 Å². The van der Waals surface area contributed by atoms with Crippen LogP contribution in [-0.2, 0) is 4.74 Å². The van der Waals surface area contributed by atoms with E-state index in [0.717, 1.165) is 16.9 Å². The first-order chi connectivity index (χ1) is 13.4. The van der Waals surface area contributed by atoms with Gasteiger partial charge in [0.15, 0.2) is 0 Å². The van der Waals surface area contributed by atoms with Crippen molar-refractivity contribution in [2.75, 3.05) is 17.7 Å². The van der Waals surface area contributed by atoms with Gasteiger partial charge in [0.05, 0.1) is 22.4 Å². The van der Waals surface area contributed by atoms with E-state index >= 15 is 0 Å². The summed E-state index contributed by atoms with van der Waals surface area (Å²) in [6.45, 7) is 3.59. The average molecular weight is 415 g/mol. The first-order valence-electron chi connectivity index (χ1n) is 8.35.